The average molecular weight is 498 g/mol. The Morgan fingerprint density at radius 2 is 1.63 bits per heavy atom. The van der Waals surface area contributed by atoms with Crippen molar-refractivity contribution in [1.82, 2.24) is 14.7 Å². The van der Waals surface area contributed by atoms with Crippen molar-refractivity contribution in [3.63, 3.8) is 0 Å². The second-order valence-electron chi connectivity index (χ2n) is 8.44. The maximum absolute atomic E-state index is 13.1. The van der Waals surface area contributed by atoms with E-state index in [4.69, 9.17) is 26.9 Å². The Labute approximate surface area is 208 Å². The number of hydrogen-bond acceptors (Lipinski definition) is 5. The van der Waals surface area contributed by atoms with Gasteiger partial charge in [0.25, 0.3) is 5.56 Å². The van der Waals surface area contributed by atoms with Crippen molar-refractivity contribution in [2.45, 2.75) is 31.7 Å². The number of likely N-dealkylation sites (tertiary alicyclic amines) is 1. The van der Waals surface area contributed by atoms with Crippen LogP contribution in [0.15, 0.2) is 65.5 Å². The van der Waals surface area contributed by atoms with Crippen molar-refractivity contribution >= 4 is 34.3 Å². The summed E-state index contributed by atoms with van der Waals surface area (Å²) in [6.45, 7) is 2.08. The Morgan fingerprint density at radius 1 is 1.00 bits per heavy atom. The Balaban J connectivity index is 0.000000371. The Hall–Kier alpha value is -3.49. The monoisotopic (exact) mass is 497 g/mol. The van der Waals surface area contributed by atoms with E-state index in [1.807, 2.05) is 48.5 Å². The molecule has 8 nitrogen and oxygen atoms in total. The molecular formula is C26H28ClN3O5. The fourth-order valence-electron chi connectivity index (χ4n) is 4.06. The maximum atomic E-state index is 13.1. The summed E-state index contributed by atoms with van der Waals surface area (Å²) >= 11 is 6.02. The van der Waals surface area contributed by atoms with Crippen LogP contribution in [0.25, 0.3) is 10.8 Å². The average Bonchev–Trinajstić information content (AvgIpc) is 3.06. The molecule has 0 aliphatic carbocycles. The summed E-state index contributed by atoms with van der Waals surface area (Å²) in [5.41, 5.74) is 2.12. The molecule has 2 aromatic carbocycles. The zero-order valence-corrected chi connectivity index (χ0v) is 20.2. The van der Waals surface area contributed by atoms with Gasteiger partial charge in [0, 0.05) is 29.0 Å². The zero-order chi connectivity index (χ0) is 25.4. The zero-order valence-electron chi connectivity index (χ0n) is 19.4. The number of aromatic nitrogens is 2. The Kier molecular flexibility index (Phi) is 9.17. The lowest BCUT2D eigenvalue weighted by molar-refractivity contribution is -0.134. The maximum Gasteiger partial charge on any atom is 0.328 e. The minimum absolute atomic E-state index is 0.0278. The molecule has 0 bridgehead atoms. The molecule has 2 heterocycles. The predicted octanol–water partition coefficient (Wildman–Crippen LogP) is 4.01. The van der Waals surface area contributed by atoms with Crippen molar-refractivity contribution in [3.05, 3.63) is 87.3 Å². The van der Waals surface area contributed by atoms with E-state index in [1.54, 1.807) is 4.68 Å². The molecule has 2 N–H and O–H groups in total. The third kappa shape index (κ3) is 7.50. The molecule has 0 saturated carbocycles. The summed E-state index contributed by atoms with van der Waals surface area (Å²) in [5.74, 6) is -2.51. The van der Waals surface area contributed by atoms with Crippen LogP contribution in [-0.4, -0.2) is 57.0 Å². The van der Waals surface area contributed by atoms with Gasteiger partial charge in [0.05, 0.1) is 17.1 Å². The van der Waals surface area contributed by atoms with E-state index in [1.165, 1.54) is 0 Å². The minimum Gasteiger partial charge on any atom is -0.478 e. The molecule has 1 aliphatic rings. The van der Waals surface area contributed by atoms with Gasteiger partial charge in [-0.05, 0) is 63.2 Å². The van der Waals surface area contributed by atoms with Gasteiger partial charge in [0.15, 0.2) is 0 Å². The summed E-state index contributed by atoms with van der Waals surface area (Å²) in [7, 11) is 2.14. The molecular weight excluding hydrogens is 470 g/mol. The molecule has 1 fully saturated rings. The van der Waals surface area contributed by atoms with Crippen LogP contribution in [-0.2, 0) is 16.0 Å². The molecule has 35 heavy (non-hydrogen) atoms. The highest BCUT2D eigenvalue weighted by atomic mass is 35.5. The van der Waals surface area contributed by atoms with E-state index in [0.717, 1.165) is 59.4 Å². The van der Waals surface area contributed by atoms with E-state index in [9.17, 15) is 14.4 Å². The number of hydrogen-bond donors (Lipinski definition) is 2. The second-order valence-corrected chi connectivity index (χ2v) is 8.88. The molecule has 3 aromatic rings. The molecule has 1 aliphatic heterocycles. The third-order valence-corrected chi connectivity index (χ3v) is 6.08. The topological polar surface area (TPSA) is 113 Å². The van der Waals surface area contributed by atoms with Crippen LogP contribution in [0.2, 0.25) is 5.02 Å². The lowest BCUT2D eigenvalue weighted by Crippen LogP contribution is -2.29. The number of fused-ring (bicyclic) bond motifs is 1. The Morgan fingerprint density at radius 3 is 2.26 bits per heavy atom. The van der Waals surface area contributed by atoms with Crippen LogP contribution in [0.3, 0.4) is 0 Å². The second kappa shape index (κ2) is 12.3. The normalized spacial score (nSPS) is 16.5. The number of aliphatic carboxylic acids is 2. The summed E-state index contributed by atoms with van der Waals surface area (Å²) < 4.78 is 1.76. The summed E-state index contributed by atoms with van der Waals surface area (Å²) in [6, 6.07) is 15.8. The predicted molar refractivity (Wildman–Crippen MR) is 135 cm³/mol. The summed E-state index contributed by atoms with van der Waals surface area (Å²) in [6.07, 6.45) is 4.85. The van der Waals surface area contributed by atoms with E-state index < -0.39 is 11.9 Å². The standard InChI is InChI=1S/C22H24ClN3O.C4H4O4/c1-25-13-4-5-18(12-14-25)26-22(27)20-7-3-2-6-19(20)21(24-26)15-16-8-10-17(23)11-9-16;5-3(6)1-2-4(7)8/h2-3,6-11,18H,4-5,12-15H2,1H3;1-2H,(H,5,6)(H,7,8)/b;2-1-. The molecule has 1 unspecified atom stereocenters. The number of carboxylic acid groups (broad SMARTS) is 2. The van der Waals surface area contributed by atoms with E-state index in [0.29, 0.717) is 18.6 Å². The Bertz CT molecular complexity index is 1250. The molecule has 1 atom stereocenters. The first-order valence-electron chi connectivity index (χ1n) is 11.3. The summed E-state index contributed by atoms with van der Waals surface area (Å²) in [5, 5.41) is 22.9. The van der Waals surface area contributed by atoms with Gasteiger partial charge in [-0.15, -0.1) is 0 Å². The number of carbonyl (C=O) groups is 2. The fraction of sp³-hybridized carbons (Fsp3) is 0.308. The van der Waals surface area contributed by atoms with Crippen molar-refractivity contribution in [2.75, 3.05) is 20.1 Å². The van der Waals surface area contributed by atoms with Gasteiger partial charge in [-0.1, -0.05) is 41.9 Å². The van der Waals surface area contributed by atoms with Gasteiger partial charge in [-0.3, -0.25) is 4.79 Å². The van der Waals surface area contributed by atoms with Crippen molar-refractivity contribution in [1.29, 1.82) is 0 Å². The van der Waals surface area contributed by atoms with Gasteiger partial charge >= 0.3 is 11.9 Å². The fourth-order valence-corrected chi connectivity index (χ4v) is 4.18. The van der Waals surface area contributed by atoms with Crippen LogP contribution in [0.1, 0.15) is 36.6 Å². The molecule has 0 spiro atoms. The van der Waals surface area contributed by atoms with Gasteiger partial charge in [0.2, 0.25) is 0 Å². The number of nitrogens with zero attached hydrogens (tertiary/aromatic N) is 3. The lowest BCUT2D eigenvalue weighted by Gasteiger charge is -2.19. The van der Waals surface area contributed by atoms with Gasteiger partial charge in [-0.25, -0.2) is 14.3 Å². The largest absolute Gasteiger partial charge is 0.478 e. The molecule has 9 heteroatoms. The van der Waals surface area contributed by atoms with Crippen LogP contribution < -0.4 is 5.56 Å². The first-order valence-corrected chi connectivity index (χ1v) is 11.7. The quantitative estimate of drug-likeness (QED) is 0.512. The minimum atomic E-state index is -1.26. The van der Waals surface area contributed by atoms with E-state index in [2.05, 4.69) is 11.9 Å². The molecule has 0 radical (unpaired) electrons. The first-order chi connectivity index (χ1) is 16.7. The smallest absolute Gasteiger partial charge is 0.328 e. The van der Waals surface area contributed by atoms with E-state index in [-0.39, 0.29) is 11.6 Å². The highest BCUT2D eigenvalue weighted by molar-refractivity contribution is 6.30. The molecule has 0 amide bonds. The van der Waals surface area contributed by atoms with Crippen LogP contribution in [0.5, 0.6) is 0 Å². The number of halogens is 1. The van der Waals surface area contributed by atoms with E-state index >= 15 is 0 Å². The molecule has 1 saturated heterocycles. The van der Waals surface area contributed by atoms with Crippen molar-refractivity contribution in [2.24, 2.45) is 0 Å². The van der Waals surface area contributed by atoms with Crippen molar-refractivity contribution < 1.29 is 19.8 Å². The third-order valence-electron chi connectivity index (χ3n) is 5.83. The van der Waals surface area contributed by atoms with Crippen LogP contribution in [0, 0.1) is 0 Å². The highest BCUT2D eigenvalue weighted by Crippen LogP contribution is 2.23. The van der Waals surface area contributed by atoms with Gasteiger partial charge in [0.1, 0.15) is 0 Å². The van der Waals surface area contributed by atoms with Crippen LogP contribution in [0.4, 0.5) is 0 Å². The van der Waals surface area contributed by atoms with Crippen molar-refractivity contribution in [3.8, 4) is 0 Å². The van der Waals surface area contributed by atoms with Gasteiger partial charge < -0.3 is 15.1 Å². The number of rotatable bonds is 5. The summed E-state index contributed by atoms with van der Waals surface area (Å²) in [4.78, 5) is 34.6. The number of benzene rings is 2. The van der Waals surface area contributed by atoms with Gasteiger partial charge in [-0.2, -0.15) is 5.10 Å². The molecule has 184 valence electrons. The first kappa shape index (κ1) is 26.1. The van der Waals surface area contributed by atoms with Crippen LogP contribution >= 0.6 is 11.6 Å². The SMILES string of the molecule is CN1CCCC(n2nc(Cc3ccc(Cl)cc3)c3ccccc3c2=O)CC1.O=C(O)/C=C\C(=O)O. The number of carboxylic acids is 2. The lowest BCUT2D eigenvalue weighted by atomic mass is 10.0. The molecule has 4 rings (SSSR count). The molecule has 1 aromatic heterocycles. The highest BCUT2D eigenvalue weighted by Gasteiger charge is 2.21.